The number of benzene rings is 1. The van der Waals surface area contributed by atoms with Gasteiger partial charge in [0.1, 0.15) is 5.54 Å². The van der Waals surface area contributed by atoms with Crippen molar-refractivity contribution < 1.29 is 4.79 Å². The minimum atomic E-state index is -0.680. The summed E-state index contributed by atoms with van der Waals surface area (Å²) in [6.07, 6.45) is 2.08. The number of nitrogens with zero attached hydrogens (tertiary/aromatic N) is 1. The van der Waals surface area contributed by atoms with Gasteiger partial charge in [0.05, 0.1) is 11.8 Å². The van der Waals surface area contributed by atoms with Gasteiger partial charge in [-0.15, -0.1) is 11.8 Å². The SMILES string of the molecule is Cc1ccccc1CSCC(=O)NC(C)(C#N)C1CC1. The van der Waals surface area contributed by atoms with Crippen LogP contribution >= 0.6 is 11.8 Å². The van der Waals surface area contributed by atoms with Crippen LogP contribution in [0.25, 0.3) is 0 Å². The van der Waals surface area contributed by atoms with E-state index in [1.54, 1.807) is 11.8 Å². The number of nitrogens with one attached hydrogen (secondary N) is 1. The molecule has 1 aliphatic carbocycles. The Balaban J connectivity index is 1.78. The molecule has 0 bridgehead atoms. The van der Waals surface area contributed by atoms with Crippen molar-refractivity contribution in [2.24, 2.45) is 5.92 Å². The standard InChI is InChI=1S/C16H20N2OS/c1-12-5-3-4-6-13(12)9-20-10-15(19)18-16(2,11-17)14-7-8-14/h3-6,14H,7-10H2,1-2H3,(H,18,19). The Morgan fingerprint density at radius 1 is 1.50 bits per heavy atom. The van der Waals surface area contributed by atoms with Crippen LogP contribution in [0.1, 0.15) is 30.9 Å². The summed E-state index contributed by atoms with van der Waals surface area (Å²) in [5.74, 6) is 1.52. The molecular formula is C16H20N2OS. The fraction of sp³-hybridized carbons (Fsp3) is 0.500. The summed E-state index contributed by atoms with van der Waals surface area (Å²) in [7, 11) is 0. The first-order valence-corrected chi connectivity index (χ1v) is 8.05. The second kappa shape index (κ2) is 6.32. The maximum atomic E-state index is 11.9. The number of amides is 1. The van der Waals surface area contributed by atoms with Crippen LogP contribution in [0.4, 0.5) is 0 Å². The lowest BCUT2D eigenvalue weighted by Gasteiger charge is -2.22. The third-order valence-electron chi connectivity index (χ3n) is 3.78. The van der Waals surface area contributed by atoms with Gasteiger partial charge in [-0.25, -0.2) is 0 Å². The predicted molar refractivity (Wildman–Crippen MR) is 82.2 cm³/mol. The van der Waals surface area contributed by atoms with Crippen molar-refractivity contribution in [2.45, 2.75) is 38.0 Å². The first-order valence-electron chi connectivity index (χ1n) is 6.89. The quantitative estimate of drug-likeness (QED) is 0.875. The molecule has 1 aromatic rings. The summed E-state index contributed by atoms with van der Waals surface area (Å²) < 4.78 is 0. The third-order valence-corrected chi connectivity index (χ3v) is 4.76. The maximum absolute atomic E-state index is 11.9. The fourth-order valence-electron chi connectivity index (χ4n) is 2.23. The van der Waals surface area contributed by atoms with E-state index in [2.05, 4.69) is 30.4 Å². The molecule has 1 aliphatic rings. The first kappa shape index (κ1) is 14.9. The number of carbonyl (C=O) groups is 1. The molecule has 1 saturated carbocycles. The van der Waals surface area contributed by atoms with E-state index in [0.29, 0.717) is 11.7 Å². The summed E-state index contributed by atoms with van der Waals surface area (Å²) in [5.41, 5.74) is 1.83. The Hall–Kier alpha value is -1.47. The molecule has 0 saturated heterocycles. The van der Waals surface area contributed by atoms with Crippen molar-refractivity contribution in [1.29, 1.82) is 5.26 Å². The largest absolute Gasteiger partial charge is 0.337 e. The summed E-state index contributed by atoms with van der Waals surface area (Å²) in [6, 6.07) is 10.4. The average Bonchev–Trinajstić information content (AvgIpc) is 3.25. The van der Waals surface area contributed by atoms with Gasteiger partial charge in [-0.1, -0.05) is 24.3 Å². The Morgan fingerprint density at radius 2 is 2.20 bits per heavy atom. The third kappa shape index (κ3) is 3.77. The normalized spacial score (nSPS) is 17.1. The Labute approximate surface area is 124 Å². The van der Waals surface area contributed by atoms with Crippen LogP contribution in [0.2, 0.25) is 0 Å². The van der Waals surface area contributed by atoms with Crippen LogP contribution in [-0.2, 0) is 10.5 Å². The zero-order chi connectivity index (χ0) is 14.6. The molecule has 1 N–H and O–H groups in total. The summed E-state index contributed by atoms with van der Waals surface area (Å²) in [4.78, 5) is 11.9. The predicted octanol–water partition coefficient (Wildman–Crippen LogP) is 3.04. The summed E-state index contributed by atoms with van der Waals surface area (Å²) in [5, 5.41) is 12.1. The van der Waals surface area contributed by atoms with Crippen molar-refractivity contribution in [3.8, 4) is 6.07 Å². The topological polar surface area (TPSA) is 52.9 Å². The van der Waals surface area contributed by atoms with Crippen LogP contribution in [-0.4, -0.2) is 17.2 Å². The monoisotopic (exact) mass is 288 g/mol. The molecule has 0 aliphatic heterocycles. The first-order chi connectivity index (χ1) is 9.55. The number of thioether (sulfide) groups is 1. The Morgan fingerprint density at radius 3 is 2.80 bits per heavy atom. The van der Waals surface area contributed by atoms with Gasteiger partial charge in [0.25, 0.3) is 0 Å². The van der Waals surface area contributed by atoms with E-state index in [1.807, 2.05) is 19.1 Å². The van der Waals surface area contributed by atoms with E-state index in [0.717, 1.165) is 18.6 Å². The molecule has 0 heterocycles. The van der Waals surface area contributed by atoms with Crippen molar-refractivity contribution in [3.05, 3.63) is 35.4 Å². The van der Waals surface area contributed by atoms with Crippen molar-refractivity contribution in [3.63, 3.8) is 0 Å². The highest BCUT2D eigenvalue weighted by atomic mass is 32.2. The molecule has 3 nitrogen and oxygen atoms in total. The van der Waals surface area contributed by atoms with Crippen LogP contribution in [0.3, 0.4) is 0 Å². The molecule has 1 fully saturated rings. The molecule has 106 valence electrons. The summed E-state index contributed by atoms with van der Waals surface area (Å²) >= 11 is 1.59. The van der Waals surface area contributed by atoms with Gasteiger partial charge in [-0.3, -0.25) is 4.79 Å². The van der Waals surface area contributed by atoms with E-state index >= 15 is 0 Å². The number of carbonyl (C=O) groups excluding carboxylic acids is 1. The molecule has 0 aromatic heterocycles. The second-order valence-corrected chi connectivity index (χ2v) is 6.54. The number of hydrogen-bond acceptors (Lipinski definition) is 3. The van der Waals surface area contributed by atoms with E-state index in [1.165, 1.54) is 11.1 Å². The molecule has 1 unspecified atom stereocenters. The van der Waals surface area contributed by atoms with E-state index in [9.17, 15) is 10.1 Å². The second-order valence-electron chi connectivity index (χ2n) is 5.56. The molecule has 20 heavy (non-hydrogen) atoms. The molecule has 1 aromatic carbocycles. The molecule has 0 radical (unpaired) electrons. The van der Waals surface area contributed by atoms with Gasteiger partial charge in [0, 0.05) is 5.75 Å². The van der Waals surface area contributed by atoms with Crippen LogP contribution < -0.4 is 5.32 Å². The van der Waals surface area contributed by atoms with Crippen LogP contribution in [0.15, 0.2) is 24.3 Å². The summed E-state index contributed by atoms with van der Waals surface area (Å²) in [6.45, 7) is 3.91. The van der Waals surface area contributed by atoms with Gasteiger partial charge < -0.3 is 5.32 Å². The Kier molecular flexibility index (Phi) is 4.72. The lowest BCUT2D eigenvalue weighted by molar-refractivity contribution is -0.119. The zero-order valence-corrected chi connectivity index (χ0v) is 12.8. The number of nitriles is 1. The fourth-order valence-corrected chi connectivity index (χ4v) is 3.14. The highest BCUT2D eigenvalue weighted by Crippen LogP contribution is 2.39. The average molecular weight is 288 g/mol. The van der Waals surface area contributed by atoms with E-state index < -0.39 is 5.54 Å². The van der Waals surface area contributed by atoms with Crippen molar-refractivity contribution >= 4 is 17.7 Å². The highest BCUT2D eigenvalue weighted by molar-refractivity contribution is 7.99. The van der Waals surface area contributed by atoms with Gasteiger partial charge in [0.15, 0.2) is 0 Å². The zero-order valence-electron chi connectivity index (χ0n) is 12.0. The Bertz CT molecular complexity index is 534. The minimum Gasteiger partial charge on any atom is -0.337 e. The van der Waals surface area contributed by atoms with Crippen molar-refractivity contribution in [2.75, 3.05) is 5.75 Å². The minimum absolute atomic E-state index is 0.0421. The van der Waals surface area contributed by atoms with Gasteiger partial charge in [-0.05, 0) is 43.7 Å². The molecule has 2 rings (SSSR count). The number of aryl methyl sites for hydroxylation is 1. The number of hydrogen-bond donors (Lipinski definition) is 1. The van der Waals surface area contributed by atoms with Crippen LogP contribution in [0, 0.1) is 24.2 Å². The molecular weight excluding hydrogens is 268 g/mol. The van der Waals surface area contributed by atoms with Crippen LogP contribution in [0.5, 0.6) is 0 Å². The van der Waals surface area contributed by atoms with Crippen molar-refractivity contribution in [1.82, 2.24) is 5.32 Å². The molecule has 1 amide bonds. The van der Waals surface area contributed by atoms with Gasteiger partial charge in [-0.2, -0.15) is 5.26 Å². The molecule has 0 spiro atoms. The van der Waals surface area contributed by atoms with Gasteiger partial charge >= 0.3 is 0 Å². The highest BCUT2D eigenvalue weighted by Gasteiger charge is 2.42. The van der Waals surface area contributed by atoms with E-state index in [-0.39, 0.29) is 5.91 Å². The number of rotatable bonds is 6. The lowest BCUT2D eigenvalue weighted by Crippen LogP contribution is -2.47. The maximum Gasteiger partial charge on any atom is 0.231 e. The molecule has 1 atom stereocenters. The smallest absolute Gasteiger partial charge is 0.231 e. The van der Waals surface area contributed by atoms with E-state index in [4.69, 9.17) is 0 Å². The molecule has 4 heteroatoms. The lowest BCUT2D eigenvalue weighted by atomic mass is 9.98. The van der Waals surface area contributed by atoms with Gasteiger partial charge in [0.2, 0.25) is 5.91 Å².